The van der Waals surface area contributed by atoms with Crippen molar-refractivity contribution in [2.45, 2.75) is 56.8 Å². The molecule has 1 aromatic rings. The van der Waals surface area contributed by atoms with Gasteiger partial charge in [0.2, 0.25) is 15.9 Å². The third kappa shape index (κ3) is 5.07. The van der Waals surface area contributed by atoms with Crippen LogP contribution in [0, 0.1) is 5.92 Å². The standard InChI is InChI=1S/C23H36N4O3S/c1-2-25-14-16-26(17-15-25)22-11-10-20(31(29,30)27-12-6-3-7-13-27)18-21(22)24-23(28)19-8-4-5-9-19/h10-11,18-19H,2-9,12-17H2,1H3,(H,24,28). The third-order valence-electron chi connectivity index (χ3n) is 7.06. The van der Waals surface area contributed by atoms with Gasteiger partial charge in [-0.2, -0.15) is 4.31 Å². The first-order valence-electron chi connectivity index (χ1n) is 11.9. The molecule has 1 aliphatic carbocycles. The SMILES string of the molecule is CCN1CCN(c2ccc(S(=O)(=O)N3CCCCC3)cc2NC(=O)C2CCCC2)CC1. The number of carbonyl (C=O) groups is 1. The van der Waals surface area contributed by atoms with Gasteiger partial charge in [-0.1, -0.05) is 26.2 Å². The van der Waals surface area contributed by atoms with E-state index in [0.29, 0.717) is 18.8 Å². The van der Waals surface area contributed by atoms with Gasteiger partial charge in [-0.3, -0.25) is 4.79 Å². The van der Waals surface area contributed by atoms with Crippen molar-refractivity contribution in [3.63, 3.8) is 0 Å². The fraction of sp³-hybridized carbons (Fsp3) is 0.696. The Morgan fingerprint density at radius 1 is 0.968 bits per heavy atom. The second kappa shape index (κ2) is 9.88. The smallest absolute Gasteiger partial charge is 0.243 e. The quantitative estimate of drug-likeness (QED) is 0.724. The van der Waals surface area contributed by atoms with Crippen LogP contribution in [0.2, 0.25) is 0 Å². The largest absolute Gasteiger partial charge is 0.367 e. The van der Waals surface area contributed by atoms with Gasteiger partial charge in [0.25, 0.3) is 0 Å². The van der Waals surface area contributed by atoms with Gasteiger partial charge in [0, 0.05) is 45.2 Å². The third-order valence-corrected chi connectivity index (χ3v) is 8.96. The number of benzene rings is 1. The van der Waals surface area contributed by atoms with Crippen LogP contribution >= 0.6 is 0 Å². The summed E-state index contributed by atoms with van der Waals surface area (Å²) in [4.78, 5) is 17.9. The monoisotopic (exact) mass is 448 g/mol. The van der Waals surface area contributed by atoms with E-state index in [1.807, 2.05) is 6.07 Å². The molecule has 1 saturated carbocycles. The van der Waals surface area contributed by atoms with Crippen LogP contribution in [0.15, 0.2) is 23.1 Å². The number of sulfonamides is 1. The molecule has 0 unspecified atom stereocenters. The molecule has 1 N–H and O–H groups in total. The van der Waals surface area contributed by atoms with Gasteiger partial charge < -0.3 is 15.1 Å². The summed E-state index contributed by atoms with van der Waals surface area (Å²) < 4.78 is 28.1. The van der Waals surface area contributed by atoms with E-state index in [-0.39, 0.29) is 16.7 Å². The van der Waals surface area contributed by atoms with Crippen molar-refractivity contribution in [2.75, 3.05) is 56.0 Å². The van der Waals surface area contributed by atoms with Crippen LogP contribution in [0.25, 0.3) is 0 Å². The highest BCUT2D eigenvalue weighted by Crippen LogP contribution is 2.33. The van der Waals surface area contributed by atoms with Crippen molar-refractivity contribution >= 4 is 27.3 Å². The number of carbonyl (C=O) groups excluding carboxylic acids is 1. The zero-order chi connectivity index (χ0) is 21.8. The van der Waals surface area contributed by atoms with Crippen LogP contribution in [0.5, 0.6) is 0 Å². The van der Waals surface area contributed by atoms with Gasteiger partial charge in [-0.05, 0) is 50.4 Å². The van der Waals surface area contributed by atoms with Crippen LogP contribution in [0.3, 0.4) is 0 Å². The van der Waals surface area contributed by atoms with Gasteiger partial charge in [0.1, 0.15) is 0 Å². The van der Waals surface area contributed by atoms with E-state index in [1.54, 1.807) is 16.4 Å². The Kier molecular flexibility index (Phi) is 7.19. The molecular weight excluding hydrogens is 412 g/mol. The molecule has 0 atom stereocenters. The summed E-state index contributed by atoms with van der Waals surface area (Å²) in [6.45, 7) is 8.05. The lowest BCUT2D eigenvalue weighted by Gasteiger charge is -2.36. The van der Waals surface area contributed by atoms with Crippen LogP contribution in [0.4, 0.5) is 11.4 Å². The summed E-state index contributed by atoms with van der Waals surface area (Å²) in [6.07, 6.45) is 6.91. The fourth-order valence-corrected chi connectivity index (χ4v) is 6.58. The number of nitrogens with one attached hydrogen (secondary N) is 1. The van der Waals surface area contributed by atoms with E-state index >= 15 is 0 Å². The number of piperazine rings is 1. The summed E-state index contributed by atoms with van der Waals surface area (Å²) in [6, 6.07) is 5.30. The molecule has 3 aliphatic rings. The van der Waals surface area contributed by atoms with Crippen molar-refractivity contribution in [2.24, 2.45) is 5.92 Å². The maximum Gasteiger partial charge on any atom is 0.243 e. The molecule has 31 heavy (non-hydrogen) atoms. The van der Waals surface area contributed by atoms with Crippen molar-refractivity contribution < 1.29 is 13.2 Å². The summed E-state index contributed by atoms with van der Waals surface area (Å²) in [5.74, 6) is 0.0608. The lowest BCUT2D eigenvalue weighted by Crippen LogP contribution is -2.46. The average molecular weight is 449 g/mol. The summed E-state index contributed by atoms with van der Waals surface area (Å²) in [5, 5.41) is 3.11. The maximum absolute atomic E-state index is 13.2. The van der Waals surface area contributed by atoms with Crippen LogP contribution in [-0.2, 0) is 14.8 Å². The van der Waals surface area contributed by atoms with E-state index in [2.05, 4.69) is 22.0 Å². The molecular formula is C23H36N4O3S. The lowest BCUT2D eigenvalue weighted by atomic mass is 10.1. The highest BCUT2D eigenvalue weighted by Gasteiger charge is 2.29. The van der Waals surface area contributed by atoms with E-state index < -0.39 is 10.0 Å². The normalized spacial score (nSPS) is 22.0. The van der Waals surface area contributed by atoms with Gasteiger partial charge in [0.05, 0.1) is 16.3 Å². The Labute approximate surface area is 186 Å². The summed E-state index contributed by atoms with van der Waals surface area (Å²) in [5.41, 5.74) is 1.57. The van der Waals surface area contributed by atoms with Crippen molar-refractivity contribution in [1.82, 2.24) is 9.21 Å². The lowest BCUT2D eigenvalue weighted by molar-refractivity contribution is -0.119. The highest BCUT2D eigenvalue weighted by molar-refractivity contribution is 7.89. The molecule has 4 rings (SSSR count). The predicted molar refractivity (Wildman–Crippen MR) is 124 cm³/mol. The maximum atomic E-state index is 13.2. The molecule has 7 nitrogen and oxygen atoms in total. The van der Waals surface area contributed by atoms with Gasteiger partial charge >= 0.3 is 0 Å². The molecule has 0 bridgehead atoms. The molecule has 1 aromatic carbocycles. The van der Waals surface area contributed by atoms with Crippen molar-refractivity contribution in [1.29, 1.82) is 0 Å². The van der Waals surface area contributed by atoms with Crippen molar-refractivity contribution in [3.05, 3.63) is 18.2 Å². The highest BCUT2D eigenvalue weighted by atomic mass is 32.2. The zero-order valence-corrected chi connectivity index (χ0v) is 19.5. The number of hydrogen-bond donors (Lipinski definition) is 1. The second-order valence-corrected chi connectivity index (χ2v) is 11.0. The first kappa shape index (κ1) is 22.6. The Morgan fingerprint density at radius 2 is 1.65 bits per heavy atom. The minimum Gasteiger partial charge on any atom is -0.367 e. The molecule has 1 amide bonds. The molecule has 2 saturated heterocycles. The average Bonchev–Trinajstić information content (AvgIpc) is 3.35. The molecule has 0 aromatic heterocycles. The van der Waals surface area contributed by atoms with Gasteiger partial charge in [0.15, 0.2) is 0 Å². The van der Waals surface area contributed by atoms with Crippen LogP contribution < -0.4 is 10.2 Å². The molecule has 8 heteroatoms. The number of nitrogens with zero attached hydrogens (tertiary/aromatic N) is 3. The Bertz CT molecular complexity index is 869. The molecule has 2 aliphatic heterocycles. The molecule has 0 spiro atoms. The summed E-state index contributed by atoms with van der Waals surface area (Å²) in [7, 11) is -3.54. The number of piperidine rings is 1. The predicted octanol–water partition coefficient (Wildman–Crippen LogP) is 3.13. The first-order valence-corrected chi connectivity index (χ1v) is 13.4. The van der Waals surface area contributed by atoms with E-state index in [4.69, 9.17) is 0 Å². The summed E-state index contributed by atoms with van der Waals surface area (Å²) >= 11 is 0. The number of likely N-dealkylation sites (N-methyl/N-ethyl adjacent to an activating group) is 1. The second-order valence-electron chi connectivity index (χ2n) is 9.04. The number of rotatable bonds is 6. The first-order chi connectivity index (χ1) is 15.0. The van der Waals surface area contributed by atoms with Gasteiger partial charge in [-0.25, -0.2) is 8.42 Å². The minimum atomic E-state index is -3.54. The zero-order valence-electron chi connectivity index (χ0n) is 18.7. The van der Waals surface area contributed by atoms with E-state index in [9.17, 15) is 13.2 Å². The van der Waals surface area contributed by atoms with E-state index in [1.165, 1.54) is 0 Å². The molecule has 0 radical (unpaired) electrons. The topological polar surface area (TPSA) is 73.0 Å². The molecule has 3 fully saturated rings. The Hall–Kier alpha value is -1.64. The number of hydrogen-bond acceptors (Lipinski definition) is 5. The van der Waals surface area contributed by atoms with Crippen LogP contribution in [-0.4, -0.2) is 69.3 Å². The number of anilines is 2. The van der Waals surface area contributed by atoms with Crippen LogP contribution in [0.1, 0.15) is 51.9 Å². The number of amides is 1. The Morgan fingerprint density at radius 3 is 2.29 bits per heavy atom. The van der Waals surface area contributed by atoms with Gasteiger partial charge in [-0.15, -0.1) is 0 Å². The van der Waals surface area contributed by atoms with E-state index in [0.717, 1.165) is 83.4 Å². The molecule has 172 valence electrons. The Balaban J connectivity index is 1.62. The fourth-order valence-electron chi connectivity index (χ4n) is 5.03. The minimum absolute atomic E-state index is 0.0264. The molecule has 2 heterocycles. The van der Waals surface area contributed by atoms with Crippen molar-refractivity contribution in [3.8, 4) is 0 Å².